The summed E-state index contributed by atoms with van der Waals surface area (Å²) in [4.78, 5) is 10.0. The van der Waals surface area contributed by atoms with Crippen molar-refractivity contribution in [2.24, 2.45) is 0 Å². The molecule has 0 atom stereocenters. The molecule has 0 aromatic carbocycles. The number of anilines is 1. The van der Waals surface area contributed by atoms with Crippen LogP contribution in [0.25, 0.3) is 0 Å². The molecule has 0 spiro atoms. The summed E-state index contributed by atoms with van der Waals surface area (Å²) >= 11 is 1.78. The lowest BCUT2D eigenvalue weighted by molar-refractivity contribution is 0.325. The number of rotatable bonds is 6. The SMILES string of the molecule is CCOc1cc(NCC(C)(C)c2cccs2)nc(C)n1. The molecule has 108 valence electrons. The second-order valence-electron chi connectivity index (χ2n) is 5.29. The normalized spacial score (nSPS) is 11.4. The molecule has 2 aromatic heterocycles. The summed E-state index contributed by atoms with van der Waals surface area (Å²) in [6.07, 6.45) is 0. The highest BCUT2D eigenvalue weighted by molar-refractivity contribution is 7.10. The molecule has 0 radical (unpaired) electrons. The predicted molar refractivity (Wildman–Crippen MR) is 83.8 cm³/mol. The average Bonchev–Trinajstić information content (AvgIpc) is 2.91. The molecule has 2 heterocycles. The first-order valence-corrected chi connectivity index (χ1v) is 7.65. The Morgan fingerprint density at radius 3 is 2.80 bits per heavy atom. The van der Waals surface area contributed by atoms with Gasteiger partial charge in [-0.3, -0.25) is 0 Å². The number of nitrogens with zero attached hydrogens (tertiary/aromatic N) is 2. The van der Waals surface area contributed by atoms with Gasteiger partial charge in [0.2, 0.25) is 5.88 Å². The highest BCUT2D eigenvalue weighted by atomic mass is 32.1. The van der Waals surface area contributed by atoms with E-state index < -0.39 is 0 Å². The van der Waals surface area contributed by atoms with Crippen molar-refractivity contribution in [2.45, 2.75) is 33.1 Å². The van der Waals surface area contributed by atoms with Gasteiger partial charge in [-0.05, 0) is 25.3 Å². The number of aryl methyl sites for hydroxylation is 1. The zero-order valence-corrected chi connectivity index (χ0v) is 13.3. The van der Waals surface area contributed by atoms with E-state index in [2.05, 4.69) is 46.6 Å². The van der Waals surface area contributed by atoms with Crippen molar-refractivity contribution in [1.82, 2.24) is 9.97 Å². The van der Waals surface area contributed by atoms with Crippen LogP contribution in [0.4, 0.5) is 5.82 Å². The first-order valence-electron chi connectivity index (χ1n) is 6.77. The lowest BCUT2D eigenvalue weighted by Crippen LogP contribution is -2.27. The maximum Gasteiger partial charge on any atom is 0.218 e. The fraction of sp³-hybridized carbons (Fsp3) is 0.467. The number of thiophene rings is 1. The van der Waals surface area contributed by atoms with E-state index in [0.717, 1.165) is 12.4 Å². The Labute approximate surface area is 124 Å². The number of hydrogen-bond donors (Lipinski definition) is 1. The smallest absolute Gasteiger partial charge is 0.218 e. The Morgan fingerprint density at radius 2 is 2.15 bits per heavy atom. The fourth-order valence-corrected chi connectivity index (χ4v) is 2.77. The molecule has 0 aliphatic rings. The summed E-state index contributed by atoms with van der Waals surface area (Å²) in [5, 5.41) is 5.50. The highest BCUT2D eigenvalue weighted by Crippen LogP contribution is 2.27. The predicted octanol–water partition coefficient (Wildman–Crippen LogP) is 3.63. The zero-order chi connectivity index (χ0) is 14.6. The van der Waals surface area contributed by atoms with Gasteiger partial charge in [-0.25, -0.2) is 4.98 Å². The lowest BCUT2D eigenvalue weighted by atomic mass is 9.91. The van der Waals surface area contributed by atoms with Crippen LogP contribution in [0, 0.1) is 6.92 Å². The van der Waals surface area contributed by atoms with Crippen LogP contribution < -0.4 is 10.1 Å². The third-order valence-corrected chi connectivity index (χ3v) is 4.24. The van der Waals surface area contributed by atoms with Crippen molar-refractivity contribution in [3.05, 3.63) is 34.3 Å². The van der Waals surface area contributed by atoms with Crippen LogP contribution in [-0.4, -0.2) is 23.1 Å². The minimum absolute atomic E-state index is 0.0683. The molecule has 0 bridgehead atoms. The summed E-state index contributed by atoms with van der Waals surface area (Å²) in [7, 11) is 0. The van der Waals surface area contributed by atoms with E-state index in [0.29, 0.717) is 18.3 Å². The second-order valence-corrected chi connectivity index (χ2v) is 6.23. The average molecular weight is 291 g/mol. The molecule has 0 aliphatic heterocycles. The van der Waals surface area contributed by atoms with Crippen molar-refractivity contribution in [2.75, 3.05) is 18.5 Å². The summed E-state index contributed by atoms with van der Waals surface area (Å²) in [6.45, 7) is 9.70. The number of ether oxygens (including phenoxy) is 1. The minimum Gasteiger partial charge on any atom is -0.478 e. The third kappa shape index (κ3) is 3.70. The summed E-state index contributed by atoms with van der Waals surface area (Å²) in [6, 6.07) is 6.11. The molecule has 2 aromatic rings. The third-order valence-electron chi connectivity index (χ3n) is 3.01. The van der Waals surface area contributed by atoms with Crippen LogP contribution in [0.3, 0.4) is 0 Å². The van der Waals surface area contributed by atoms with Crippen LogP contribution in [0.2, 0.25) is 0 Å². The molecule has 0 saturated carbocycles. The van der Waals surface area contributed by atoms with Crippen molar-refractivity contribution in [3.8, 4) is 5.88 Å². The van der Waals surface area contributed by atoms with Gasteiger partial charge >= 0.3 is 0 Å². The number of aromatic nitrogens is 2. The Morgan fingerprint density at radius 1 is 1.35 bits per heavy atom. The molecule has 4 nitrogen and oxygen atoms in total. The second kappa shape index (κ2) is 6.22. The van der Waals surface area contributed by atoms with E-state index in [-0.39, 0.29) is 5.41 Å². The highest BCUT2D eigenvalue weighted by Gasteiger charge is 2.21. The van der Waals surface area contributed by atoms with Gasteiger partial charge in [-0.1, -0.05) is 19.9 Å². The molecule has 0 saturated heterocycles. The van der Waals surface area contributed by atoms with Gasteiger partial charge in [0.1, 0.15) is 11.6 Å². The Balaban J connectivity index is 2.07. The maximum atomic E-state index is 5.44. The topological polar surface area (TPSA) is 47.0 Å². The largest absolute Gasteiger partial charge is 0.478 e. The molecule has 1 N–H and O–H groups in total. The standard InChI is InChI=1S/C15H21N3OS/c1-5-19-14-9-13(17-11(2)18-14)16-10-15(3,4)12-7-6-8-20-12/h6-9H,5,10H2,1-4H3,(H,16,17,18). The van der Waals surface area contributed by atoms with Gasteiger partial charge in [0, 0.05) is 22.9 Å². The summed E-state index contributed by atoms with van der Waals surface area (Å²) in [5.41, 5.74) is 0.0683. The zero-order valence-electron chi connectivity index (χ0n) is 12.4. The van der Waals surface area contributed by atoms with Crippen LogP contribution in [0.1, 0.15) is 31.5 Å². The van der Waals surface area contributed by atoms with Crippen LogP contribution in [-0.2, 0) is 5.41 Å². The number of hydrogen-bond acceptors (Lipinski definition) is 5. The molecule has 2 rings (SSSR count). The van der Waals surface area contributed by atoms with E-state index >= 15 is 0 Å². The molecule has 0 aliphatic carbocycles. The van der Waals surface area contributed by atoms with Crippen molar-refractivity contribution in [3.63, 3.8) is 0 Å². The molecular formula is C15H21N3OS. The molecule has 0 unspecified atom stereocenters. The van der Waals surface area contributed by atoms with Crippen LogP contribution in [0.5, 0.6) is 5.88 Å². The van der Waals surface area contributed by atoms with Crippen molar-refractivity contribution < 1.29 is 4.74 Å². The number of nitrogens with one attached hydrogen (secondary N) is 1. The van der Waals surface area contributed by atoms with Crippen molar-refractivity contribution in [1.29, 1.82) is 0 Å². The van der Waals surface area contributed by atoms with E-state index in [1.165, 1.54) is 4.88 Å². The molecular weight excluding hydrogens is 270 g/mol. The van der Waals surface area contributed by atoms with Crippen LogP contribution >= 0.6 is 11.3 Å². The fourth-order valence-electron chi connectivity index (χ4n) is 1.91. The van der Waals surface area contributed by atoms with E-state index in [9.17, 15) is 0 Å². The van der Waals surface area contributed by atoms with Gasteiger partial charge < -0.3 is 10.1 Å². The minimum atomic E-state index is 0.0683. The van der Waals surface area contributed by atoms with Crippen LogP contribution in [0.15, 0.2) is 23.6 Å². The van der Waals surface area contributed by atoms with Gasteiger partial charge in [-0.2, -0.15) is 4.98 Å². The van der Waals surface area contributed by atoms with Gasteiger partial charge in [0.15, 0.2) is 0 Å². The monoisotopic (exact) mass is 291 g/mol. The Hall–Kier alpha value is -1.62. The summed E-state index contributed by atoms with van der Waals surface area (Å²) < 4.78 is 5.44. The molecule has 0 fully saturated rings. The first kappa shape index (κ1) is 14.8. The lowest BCUT2D eigenvalue weighted by Gasteiger charge is -2.24. The quantitative estimate of drug-likeness (QED) is 0.882. The maximum absolute atomic E-state index is 5.44. The van der Waals surface area contributed by atoms with Gasteiger partial charge in [-0.15, -0.1) is 11.3 Å². The summed E-state index contributed by atoms with van der Waals surface area (Å²) in [5.74, 6) is 2.15. The van der Waals surface area contributed by atoms with E-state index in [1.807, 2.05) is 19.9 Å². The van der Waals surface area contributed by atoms with E-state index in [4.69, 9.17) is 4.74 Å². The molecule has 5 heteroatoms. The Bertz CT molecular complexity index is 552. The van der Waals surface area contributed by atoms with Crippen molar-refractivity contribution >= 4 is 17.2 Å². The first-order chi connectivity index (χ1) is 9.51. The van der Waals surface area contributed by atoms with Gasteiger partial charge in [0.05, 0.1) is 6.61 Å². The Kier molecular flexibility index (Phi) is 4.60. The van der Waals surface area contributed by atoms with Gasteiger partial charge in [0.25, 0.3) is 0 Å². The van der Waals surface area contributed by atoms with E-state index in [1.54, 1.807) is 11.3 Å². The molecule has 20 heavy (non-hydrogen) atoms. The molecule has 0 amide bonds.